The van der Waals surface area contributed by atoms with Gasteiger partial charge in [-0.1, -0.05) is 19.1 Å². The Morgan fingerprint density at radius 2 is 2.03 bits per heavy atom. The highest BCUT2D eigenvalue weighted by Crippen LogP contribution is 2.34. The molecular formula is C25H33N5O3. The molecule has 4 rings (SSSR count). The number of anilines is 1. The molecule has 2 aliphatic rings. The molecule has 2 saturated heterocycles. The Morgan fingerprint density at radius 1 is 1.21 bits per heavy atom. The number of aryl methyl sites for hydroxylation is 1. The number of nitrogens with one attached hydrogen (secondary N) is 1. The second-order valence-corrected chi connectivity index (χ2v) is 9.16. The molecule has 1 unspecified atom stereocenters. The van der Waals surface area contributed by atoms with Crippen LogP contribution in [-0.4, -0.2) is 71.4 Å². The van der Waals surface area contributed by atoms with Crippen LogP contribution in [0.5, 0.6) is 5.75 Å². The highest BCUT2D eigenvalue weighted by Gasteiger charge is 2.37. The van der Waals surface area contributed by atoms with Crippen LogP contribution in [0.2, 0.25) is 0 Å². The van der Waals surface area contributed by atoms with Crippen LogP contribution < -0.4 is 10.1 Å². The number of ether oxygens (including phenoxy) is 1. The lowest BCUT2D eigenvalue weighted by atomic mass is 9.78. The molecular weight excluding hydrogens is 418 g/mol. The molecule has 2 fully saturated rings. The number of amides is 2. The van der Waals surface area contributed by atoms with Crippen LogP contribution in [0.25, 0.3) is 0 Å². The lowest BCUT2D eigenvalue weighted by molar-refractivity contribution is -0.128. The van der Waals surface area contributed by atoms with Gasteiger partial charge in [0.25, 0.3) is 5.91 Å². The number of likely N-dealkylation sites (tertiary alicyclic amines) is 2. The van der Waals surface area contributed by atoms with Gasteiger partial charge in [0.2, 0.25) is 5.91 Å². The van der Waals surface area contributed by atoms with E-state index >= 15 is 0 Å². The number of hydrogen-bond acceptors (Lipinski definition) is 6. The Morgan fingerprint density at radius 3 is 2.79 bits per heavy atom. The maximum Gasteiger partial charge on any atom is 0.257 e. The Balaban J connectivity index is 1.48. The van der Waals surface area contributed by atoms with Crippen LogP contribution >= 0.6 is 0 Å². The largest absolute Gasteiger partial charge is 0.491 e. The van der Waals surface area contributed by atoms with Crippen LogP contribution in [0.1, 0.15) is 54.5 Å². The van der Waals surface area contributed by atoms with E-state index in [1.807, 2.05) is 54.1 Å². The van der Waals surface area contributed by atoms with Gasteiger partial charge >= 0.3 is 0 Å². The Labute approximate surface area is 195 Å². The fourth-order valence-electron chi connectivity index (χ4n) is 4.77. The molecule has 2 aliphatic heterocycles. The molecule has 8 nitrogen and oxygen atoms in total. The van der Waals surface area contributed by atoms with Gasteiger partial charge in [-0.3, -0.25) is 9.59 Å². The molecule has 33 heavy (non-hydrogen) atoms. The van der Waals surface area contributed by atoms with E-state index in [4.69, 9.17) is 9.72 Å². The zero-order valence-corrected chi connectivity index (χ0v) is 19.8. The van der Waals surface area contributed by atoms with Crippen molar-refractivity contribution in [3.05, 3.63) is 47.4 Å². The fourth-order valence-corrected chi connectivity index (χ4v) is 4.77. The number of para-hydroxylation sites is 1. The van der Waals surface area contributed by atoms with E-state index in [0.29, 0.717) is 44.0 Å². The van der Waals surface area contributed by atoms with Crippen LogP contribution in [0.15, 0.2) is 30.3 Å². The zero-order chi connectivity index (χ0) is 23.4. The van der Waals surface area contributed by atoms with Gasteiger partial charge < -0.3 is 19.9 Å². The number of benzene rings is 1. The molecule has 1 aromatic carbocycles. The molecule has 2 amide bonds. The summed E-state index contributed by atoms with van der Waals surface area (Å²) in [7, 11) is 1.85. The quantitative estimate of drug-likeness (QED) is 0.696. The summed E-state index contributed by atoms with van der Waals surface area (Å²) in [5.41, 5.74) is 1.26. The van der Waals surface area contributed by atoms with Crippen LogP contribution in [0, 0.1) is 6.92 Å². The summed E-state index contributed by atoms with van der Waals surface area (Å²) in [6.45, 7) is 7.06. The SMILES string of the molecule is CNc1cc(C2(C)CCCN(C(=O)c3ccccc3OCCN3CCCC3=O)C2)nc(C)n1. The van der Waals surface area contributed by atoms with Crippen molar-refractivity contribution in [1.82, 2.24) is 19.8 Å². The topological polar surface area (TPSA) is 87.7 Å². The molecule has 3 heterocycles. The van der Waals surface area contributed by atoms with E-state index in [-0.39, 0.29) is 17.2 Å². The van der Waals surface area contributed by atoms with Crippen molar-refractivity contribution in [3.8, 4) is 5.75 Å². The maximum absolute atomic E-state index is 13.5. The number of piperidine rings is 1. The van der Waals surface area contributed by atoms with E-state index in [0.717, 1.165) is 43.1 Å². The van der Waals surface area contributed by atoms with E-state index in [1.54, 1.807) is 0 Å². The standard InChI is InChI=1S/C25H33N5O3/c1-18-27-21(16-22(26-3)28-18)25(2)11-7-13-30(17-25)24(32)19-8-4-5-9-20(19)33-15-14-29-12-6-10-23(29)31/h4-5,8-9,16H,6-7,10-15,17H2,1-3H3,(H,26,27,28). The molecule has 1 N–H and O–H groups in total. The van der Waals surface area contributed by atoms with Crippen LogP contribution in [0.3, 0.4) is 0 Å². The Bertz CT molecular complexity index is 1030. The Hall–Kier alpha value is -3.16. The van der Waals surface area contributed by atoms with Crippen molar-refractivity contribution in [3.63, 3.8) is 0 Å². The normalized spacial score (nSPS) is 20.8. The summed E-state index contributed by atoms with van der Waals surface area (Å²) in [6, 6.07) is 9.36. The first kappa shape index (κ1) is 23.0. The van der Waals surface area contributed by atoms with Crippen molar-refractivity contribution < 1.29 is 14.3 Å². The summed E-state index contributed by atoms with van der Waals surface area (Å²) in [5.74, 6) is 2.22. The maximum atomic E-state index is 13.5. The van der Waals surface area contributed by atoms with Gasteiger partial charge in [-0.25, -0.2) is 9.97 Å². The molecule has 8 heteroatoms. The minimum Gasteiger partial charge on any atom is -0.491 e. The number of carbonyl (C=O) groups is 2. The van der Waals surface area contributed by atoms with E-state index < -0.39 is 0 Å². The van der Waals surface area contributed by atoms with E-state index in [9.17, 15) is 9.59 Å². The molecule has 0 aliphatic carbocycles. The highest BCUT2D eigenvalue weighted by molar-refractivity contribution is 5.97. The lowest BCUT2D eigenvalue weighted by Gasteiger charge is -2.40. The van der Waals surface area contributed by atoms with Crippen molar-refractivity contribution in [2.45, 2.75) is 44.9 Å². The van der Waals surface area contributed by atoms with Gasteiger partial charge in [-0.2, -0.15) is 0 Å². The predicted molar refractivity (Wildman–Crippen MR) is 127 cm³/mol. The summed E-state index contributed by atoms with van der Waals surface area (Å²) >= 11 is 0. The second-order valence-electron chi connectivity index (χ2n) is 9.16. The molecule has 1 atom stereocenters. The molecule has 0 spiro atoms. The third-order valence-corrected chi connectivity index (χ3v) is 6.60. The molecule has 0 radical (unpaired) electrons. The first-order chi connectivity index (χ1) is 15.9. The third-order valence-electron chi connectivity index (χ3n) is 6.60. The van der Waals surface area contributed by atoms with Gasteiger partial charge in [0.05, 0.1) is 17.8 Å². The Kier molecular flexibility index (Phi) is 6.81. The van der Waals surface area contributed by atoms with Crippen molar-refractivity contribution in [1.29, 1.82) is 0 Å². The molecule has 0 bridgehead atoms. The van der Waals surface area contributed by atoms with Gasteiger partial charge in [-0.05, 0) is 38.3 Å². The first-order valence-corrected chi connectivity index (χ1v) is 11.7. The zero-order valence-electron chi connectivity index (χ0n) is 19.8. The third kappa shape index (κ3) is 5.10. The number of rotatable bonds is 7. The number of nitrogens with zero attached hydrogens (tertiary/aromatic N) is 4. The average molecular weight is 452 g/mol. The van der Waals surface area contributed by atoms with E-state index in [1.165, 1.54) is 0 Å². The summed E-state index contributed by atoms with van der Waals surface area (Å²) in [6.07, 6.45) is 3.38. The van der Waals surface area contributed by atoms with E-state index in [2.05, 4.69) is 17.2 Å². The van der Waals surface area contributed by atoms with Crippen molar-refractivity contribution in [2.75, 3.05) is 45.2 Å². The number of aromatic nitrogens is 2. The van der Waals surface area contributed by atoms with Gasteiger partial charge in [-0.15, -0.1) is 0 Å². The van der Waals surface area contributed by atoms with Crippen LogP contribution in [0.4, 0.5) is 5.82 Å². The molecule has 0 saturated carbocycles. The number of carbonyl (C=O) groups excluding carboxylic acids is 2. The van der Waals surface area contributed by atoms with Gasteiger partial charge in [0.1, 0.15) is 24.0 Å². The monoisotopic (exact) mass is 451 g/mol. The van der Waals surface area contributed by atoms with Crippen LogP contribution in [-0.2, 0) is 10.2 Å². The predicted octanol–water partition coefficient (Wildman–Crippen LogP) is 3.02. The summed E-state index contributed by atoms with van der Waals surface area (Å²) in [4.78, 5) is 38.2. The fraction of sp³-hybridized carbons (Fsp3) is 0.520. The summed E-state index contributed by atoms with van der Waals surface area (Å²) in [5, 5.41) is 3.10. The minimum absolute atomic E-state index is 0.0339. The molecule has 176 valence electrons. The lowest BCUT2D eigenvalue weighted by Crippen LogP contribution is -2.47. The highest BCUT2D eigenvalue weighted by atomic mass is 16.5. The van der Waals surface area contributed by atoms with Gasteiger partial charge in [0.15, 0.2) is 0 Å². The summed E-state index contributed by atoms with van der Waals surface area (Å²) < 4.78 is 5.97. The minimum atomic E-state index is -0.251. The first-order valence-electron chi connectivity index (χ1n) is 11.7. The average Bonchev–Trinajstić information content (AvgIpc) is 3.23. The second kappa shape index (κ2) is 9.77. The number of hydrogen-bond donors (Lipinski definition) is 1. The smallest absolute Gasteiger partial charge is 0.257 e. The van der Waals surface area contributed by atoms with Gasteiger partial charge in [0, 0.05) is 44.6 Å². The van der Waals surface area contributed by atoms with Crippen molar-refractivity contribution >= 4 is 17.6 Å². The molecule has 1 aromatic heterocycles. The molecule has 2 aromatic rings. The van der Waals surface area contributed by atoms with Crippen molar-refractivity contribution in [2.24, 2.45) is 0 Å².